The molecule has 0 atom stereocenters. The van der Waals surface area contributed by atoms with Crippen LogP contribution in [0.1, 0.15) is 43.1 Å². The summed E-state index contributed by atoms with van der Waals surface area (Å²) in [6.07, 6.45) is 1.47. The third-order valence-electron chi connectivity index (χ3n) is 4.56. The van der Waals surface area contributed by atoms with Crippen LogP contribution in [0.15, 0.2) is 54.7 Å². The molecule has 0 radical (unpaired) electrons. The summed E-state index contributed by atoms with van der Waals surface area (Å²) in [5, 5.41) is 5.78. The molecule has 1 aromatic heterocycles. The van der Waals surface area contributed by atoms with Crippen LogP contribution in [0.2, 0.25) is 0 Å². The summed E-state index contributed by atoms with van der Waals surface area (Å²) >= 11 is 0. The maximum atomic E-state index is 12.7. The first-order valence-corrected chi connectivity index (χ1v) is 9.07. The standard InChI is InChI=1S/C23H23N3O2/c1-14-11-16(3)21(17(4)12-14)26-23(28)20-13-18(9-10-24-20)22(27)25-19-8-6-5-7-15(19)2/h5-13H,1-4H3,(H,25,27)(H,26,28). The Morgan fingerprint density at radius 3 is 2.14 bits per heavy atom. The van der Waals surface area contributed by atoms with Gasteiger partial charge < -0.3 is 10.6 Å². The molecular weight excluding hydrogens is 350 g/mol. The first-order valence-electron chi connectivity index (χ1n) is 9.07. The Hall–Kier alpha value is -3.47. The molecule has 5 heteroatoms. The fourth-order valence-corrected chi connectivity index (χ4v) is 3.16. The number of hydrogen-bond acceptors (Lipinski definition) is 3. The van der Waals surface area contributed by atoms with E-state index < -0.39 is 0 Å². The van der Waals surface area contributed by atoms with Crippen LogP contribution in [0.5, 0.6) is 0 Å². The molecule has 3 aromatic rings. The third kappa shape index (κ3) is 4.26. The van der Waals surface area contributed by atoms with E-state index in [0.29, 0.717) is 5.56 Å². The number of nitrogens with zero attached hydrogens (tertiary/aromatic N) is 1. The van der Waals surface area contributed by atoms with Crippen molar-refractivity contribution in [1.29, 1.82) is 0 Å². The van der Waals surface area contributed by atoms with Gasteiger partial charge in [0.2, 0.25) is 0 Å². The molecule has 2 aromatic carbocycles. The van der Waals surface area contributed by atoms with Crippen molar-refractivity contribution in [3.8, 4) is 0 Å². The van der Waals surface area contributed by atoms with Crippen molar-refractivity contribution in [3.05, 3.63) is 88.2 Å². The predicted octanol–water partition coefficient (Wildman–Crippen LogP) is 4.82. The van der Waals surface area contributed by atoms with Crippen LogP contribution in [0.25, 0.3) is 0 Å². The summed E-state index contributed by atoms with van der Waals surface area (Å²) in [5.41, 5.74) is 6.15. The number of para-hydroxylation sites is 1. The SMILES string of the molecule is Cc1cc(C)c(NC(=O)c2cc(C(=O)Nc3ccccc3C)ccn2)c(C)c1. The Kier molecular flexibility index (Phi) is 5.54. The van der Waals surface area contributed by atoms with Crippen molar-refractivity contribution in [1.82, 2.24) is 4.98 Å². The number of pyridine rings is 1. The summed E-state index contributed by atoms with van der Waals surface area (Å²) in [6.45, 7) is 7.85. The maximum absolute atomic E-state index is 12.7. The third-order valence-corrected chi connectivity index (χ3v) is 4.56. The number of carbonyl (C=O) groups is 2. The van der Waals surface area contributed by atoms with E-state index in [2.05, 4.69) is 15.6 Å². The van der Waals surface area contributed by atoms with Crippen molar-refractivity contribution in [2.24, 2.45) is 0 Å². The molecule has 0 fully saturated rings. The maximum Gasteiger partial charge on any atom is 0.274 e. The van der Waals surface area contributed by atoms with Crippen LogP contribution in [-0.4, -0.2) is 16.8 Å². The number of carbonyl (C=O) groups excluding carboxylic acids is 2. The van der Waals surface area contributed by atoms with Crippen molar-refractivity contribution in [2.75, 3.05) is 10.6 Å². The van der Waals surface area contributed by atoms with E-state index in [-0.39, 0.29) is 17.5 Å². The molecule has 2 amide bonds. The Balaban J connectivity index is 1.80. The van der Waals surface area contributed by atoms with Gasteiger partial charge in [-0.05, 0) is 62.6 Å². The van der Waals surface area contributed by atoms with Crippen LogP contribution in [0.4, 0.5) is 11.4 Å². The Morgan fingerprint density at radius 2 is 1.46 bits per heavy atom. The fourth-order valence-electron chi connectivity index (χ4n) is 3.16. The first-order chi connectivity index (χ1) is 13.3. The highest BCUT2D eigenvalue weighted by molar-refractivity contribution is 6.08. The number of hydrogen-bond donors (Lipinski definition) is 2. The normalized spacial score (nSPS) is 10.4. The highest BCUT2D eigenvalue weighted by Crippen LogP contribution is 2.22. The quantitative estimate of drug-likeness (QED) is 0.689. The molecule has 0 aliphatic heterocycles. The molecule has 0 spiro atoms. The van der Waals surface area contributed by atoms with Gasteiger partial charge in [-0.1, -0.05) is 35.9 Å². The molecule has 5 nitrogen and oxygen atoms in total. The molecule has 0 saturated heterocycles. The van der Waals surface area contributed by atoms with Gasteiger partial charge in [0.15, 0.2) is 0 Å². The van der Waals surface area contributed by atoms with E-state index in [1.54, 1.807) is 6.07 Å². The second kappa shape index (κ2) is 8.05. The average Bonchev–Trinajstić information content (AvgIpc) is 2.66. The highest BCUT2D eigenvalue weighted by atomic mass is 16.2. The zero-order valence-corrected chi connectivity index (χ0v) is 16.5. The zero-order valence-electron chi connectivity index (χ0n) is 16.5. The van der Waals surface area contributed by atoms with Gasteiger partial charge >= 0.3 is 0 Å². The Morgan fingerprint density at radius 1 is 0.786 bits per heavy atom. The lowest BCUT2D eigenvalue weighted by Gasteiger charge is -2.13. The largest absolute Gasteiger partial charge is 0.322 e. The minimum absolute atomic E-state index is 0.191. The molecule has 0 unspecified atom stereocenters. The molecule has 1 heterocycles. The first kappa shape index (κ1) is 19.3. The summed E-state index contributed by atoms with van der Waals surface area (Å²) in [7, 11) is 0. The topological polar surface area (TPSA) is 71.1 Å². The number of nitrogens with one attached hydrogen (secondary N) is 2. The second-order valence-electron chi connectivity index (χ2n) is 6.93. The highest BCUT2D eigenvalue weighted by Gasteiger charge is 2.15. The van der Waals surface area contributed by atoms with Crippen molar-refractivity contribution < 1.29 is 9.59 Å². The number of rotatable bonds is 4. The van der Waals surface area contributed by atoms with Gasteiger partial charge in [-0.2, -0.15) is 0 Å². The summed E-state index contributed by atoms with van der Waals surface area (Å²) in [5.74, 6) is -0.631. The minimum atomic E-state index is -0.347. The fraction of sp³-hybridized carbons (Fsp3) is 0.174. The zero-order chi connectivity index (χ0) is 20.3. The Labute approximate surface area is 164 Å². The molecule has 0 aliphatic carbocycles. The van der Waals surface area contributed by atoms with E-state index >= 15 is 0 Å². The number of aromatic nitrogens is 1. The molecule has 3 rings (SSSR count). The van der Waals surface area contributed by atoms with Crippen LogP contribution >= 0.6 is 0 Å². The van der Waals surface area contributed by atoms with Gasteiger partial charge in [-0.3, -0.25) is 14.6 Å². The van der Waals surface area contributed by atoms with Gasteiger partial charge in [0.25, 0.3) is 11.8 Å². The van der Waals surface area contributed by atoms with E-state index in [0.717, 1.165) is 33.6 Å². The lowest BCUT2D eigenvalue weighted by molar-refractivity contribution is 0.102. The minimum Gasteiger partial charge on any atom is -0.322 e. The molecule has 142 valence electrons. The molecular formula is C23H23N3O2. The lowest BCUT2D eigenvalue weighted by atomic mass is 10.0. The van der Waals surface area contributed by atoms with Crippen LogP contribution in [-0.2, 0) is 0 Å². The van der Waals surface area contributed by atoms with Crippen molar-refractivity contribution >= 4 is 23.2 Å². The Bertz CT molecular complexity index is 1030. The number of aryl methyl sites for hydroxylation is 4. The van der Waals surface area contributed by atoms with Crippen LogP contribution in [0, 0.1) is 27.7 Å². The van der Waals surface area contributed by atoms with Gasteiger partial charge in [-0.25, -0.2) is 0 Å². The van der Waals surface area contributed by atoms with E-state index in [1.807, 2.05) is 64.1 Å². The van der Waals surface area contributed by atoms with Gasteiger partial charge in [0, 0.05) is 23.1 Å². The van der Waals surface area contributed by atoms with Gasteiger partial charge in [-0.15, -0.1) is 0 Å². The molecule has 2 N–H and O–H groups in total. The number of anilines is 2. The number of benzene rings is 2. The molecule has 0 aliphatic rings. The van der Waals surface area contributed by atoms with E-state index in [1.165, 1.54) is 12.3 Å². The van der Waals surface area contributed by atoms with Gasteiger partial charge in [0.1, 0.15) is 5.69 Å². The number of amides is 2. The summed E-state index contributed by atoms with van der Waals surface area (Å²) < 4.78 is 0. The van der Waals surface area contributed by atoms with Crippen molar-refractivity contribution in [3.63, 3.8) is 0 Å². The predicted molar refractivity (Wildman–Crippen MR) is 112 cm³/mol. The molecule has 0 bridgehead atoms. The average molecular weight is 373 g/mol. The van der Waals surface area contributed by atoms with Crippen LogP contribution in [0.3, 0.4) is 0 Å². The summed E-state index contributed by atoms with van der Waals surface area (Å²) in [4.78, 5) is 29.4. The van der Waals surface area contributed by atoms with Crippen LogP contribution < -0.4 is 10.6 Å². The lowest BCUT2D eigenvalue weighted by Crippen LogP contribution is -2.18. The smallest absolute Gasteiger partial charge is 0.274 e. The molecule has 0 saturated carbocycles. The monoisotopic (exact) mass is 373 g/mol. The molecule has 28 heavy (non-hydrogen) atoms. The van der Waals surface area contributed by atoms with E-state index in [4.69, 9.17) is 0 Å². The van der Waals surface area contributed by atoms with Gasteiger partial charge in [0.05, 0.1) is 0 Å². The second-order valence-corrected chi connectivity index (χ2v) is 6.93. The van der Waals surface area contributed by atoms with Crippen molar-refractivity contribution in [2.45, 2.75) is 27.7 Å². The van der Waals surface area contributed by atoms with E-state index in [9.17, 15) is 9.59 Å². The summed E-state index contributed by atoms with van der Waals surface area (Å²) in [6, 6.07) is 14.7.